The number of rotatable bonds is 4. The van der Waals surface area contributed by atoms with Crippen molar-refractivity contribution in [3.63, 3.8) is 0 Å². The molecule has 0 heterocycles. The average Bonchev–Trinajstić information content (AvgIpc) is 2.14. The molecule has 0 spiro atoms. The van der Waals surface area contributed by atoms with E-state index in [0.29, 0.717) is 6.54 Å². The zero-order valence-electron chi connectivity index (χ0n) is 9.32. The largest absolute Gasteiger partial charge is 0.215 e. The minimum Gasteiger partial charge on any atom is -0.215 e. The molecule has 0 amide bonds. The van der Waals surface area contributed by atoms with Crippen LogP contribution in [0.1, 0.15) is 24.0 Å². The van der Waals surface area contributed by atoms with Crippen LogP contribution in [0.3, 0.4) is 0 Å². The highest BCUT2D eigenvalue weighted by atomic mass is 32.2. The van der Waals surface area contributed by atoms with Crippen LogP contribution in [0.5, 0.6) is 0 Å². The lowest BCUT2D eigenvalue weighted by Crippen LogP contribution is -2.26. The number of benzene rings is 1. The summed E-state index contributed by atoms with van der Waals surface area (Å²) in [4.78, 5) is 0. The second-order valence-corrected chi connectivity index (χ2v) is 5.77. The third-order valence-electron chi connectivity index (χ3n) is 2.30. The predicted octanol–water partition coefficient (Wildman–Crippen LogP) is 1.65. The molecule has 3 nitrogen and oxygen atoms in total. The van der Waals surface area contributed by atoms with Crippen LogP contribution >= 0.6 is 0 Å². The Hall–Kier alpha value is -0.870. The molecular weight excluding hydrogens is 210 g/mol. The van der Waals surface area contributed by atoms with Crippen molar-refractivity contribution in [2.75, 3.05) is 12.8 Å². The molecule has 1 rings (SSSR count). The molecule has 0 saturated carbocycles. The summed E-state index contributed by atoms with van der Waals surface area (Å²) in [6.07, 6.45) is 1.18. The van der Waals surface area contributed by atoms with Gasteiger partial charge in [0.25, 0.3) is 0 Å². The summed E-state index contributed by atoms with van der Waals surface area (Å²) < 4.78 is 24.3. The van der Waals surface area contributed by atoms with Gasteiger partial charge in [0.15, 0.2) is 0 Å². The van der Waals surface area contributed by atoms with E-state index < -0.39 is 10.0 Å². The summed E-state index contributed by atoms with van der Waals surface area (Å²) in [7, 11) is -3.09. The number of hydrogen-bond acceptors (Lipinski definition) is 2. The molecule has 1 aromatic carbocycles. The summed E-state index contributed by atoms with van der Waals surface area (Å²) in [5.74, 6) is 0.195. The van der Waals surface area contributed by atoms with Gasteiger partial charge in [-0.15, -0.1) is 0 Å². The smallest absolute Gasteiger partial charge is 0.208 e. The molecule has 1 atom stereocenters. The maximum Gasteiger partial charge on any atom is 0.208 e. The fourth-order valence-corrected chi connectivity index (χ4v) is 1.84. The second-order valence-electron chi connectivity index (χ2n) is 3.93. The third kappa shape index (κ3) is 4.44. The molecule has 0 aromatic heterocycles. The minimum absolute atomic E-state index is 0.195. The monoisotopic (exact) mass is 227 g/mol. The topological polar surface area (TPSA) is 46.2 Å². The summed E-state index contributed by atoms with van der Waals surface area (Å²) >= 11 is 0. The summed E-state index contributed by atoms with van der Waals surface area (Å²) in [6.45, 7) is 4.48. The molecule has 1 N–H and O–H groups in total. The van der Waals surface area contributed by atoms with E-state index in [1.165, 1.54) is 11.8 Å². The summed E-state index contributed by atoms with van der Waals surface area (Å²) in [5, 5.41) is 0. The van der Waals surface area contributed by atoms with Gasteiger partial charge in [0.1, 0.15) is 0 Å². The van der Waals surface area contributed by atoms with E-state index in [-0.39, 0.29) is 5.92 Å². The van der Waals surface area contributed by atoms with Gasteiger partial charge in [0.2, 0.25) is 10.0 Å². The van der Waals surface area contributed by atoms with Crippen LogP contribution in [0.25, 0.3) is 0 Å². The minimum atomic E-state index is -3.09. The fraction of sp³-hybridized carbons (Fsp3) is 0.455. The van der Waals surface area contributed by atoms with Crippen LogP contribution in [0, 0.1) is 6.92 Å². The standard InChI is InChI=1S/C11H17NO2S/c1-9-4-6-11(7-5-9)10(2)8-12-15(3,13)14/h4-7,10,12H,8H2,1-3H3/t10-/m0/s1. The SMILES string of the molecule is Cc1ccc([C@@H](C)CNS(C)(=O)=O)cc1. The Morgan fingerprint density at radius 3 is 2.27 bits per heavy atom. The maximum atomic E-state index is 10.9. The van der Waals surface area contributed by atoms with Gasteiger partial charge in [0, 0.05) is 6.54 Å². The summed E-state index contributed by atoms with van der Waals surface area (Å²) in [5.41, 5.74) is 2.36. The van der Waals surface area contributed by atoms with Crippen molar-refractivity contribution >= 4 is 10.0 Å². The summed E-state index contributed by atoms with van der Waals surface area (Å²) in [6, 6.07) is 8.13. The first kappa shape index (κ1) is 12.2. The Balaban J connectivity index is 2.61. The lowest BCUT2D eigenvalue weighted by Gasteiger charge is -2.12. The molecular formula is C11H17NO2S. The van der Waals surface area contributed by atoms with Crippen molar-refractivity contribution in [3.05, 3.63) is 35.4 Å². The fourth-order valence-electron chi connectivity index (χ4n) is 1.29. The average molecular weight is 227 g/mol. The Labute approximate surface area is 91.6 Å². The van der Waals surface area contributed by atoms with Crippen molar-refractivity contribution in [1.29, 1.82) is 0 Å². The lowest BCUT2D eigenvalue weighted by atomic mass is 10.0. The van der Waals surface area contributed by atoms with Crippen molar-refractivity contribution in [3.8, 4) is 0 Å². The number of sulfonamides is 1. The molecule has 0 bridgehead atoms. The Bertz CT molecular complexity index is 409. The molecule has 0 unspecified atom stereocenters. The number of aryl methyl sites for hydroxylation is 1. The van der Waals surface area contributed by atoms with E-state index >= 15 is 0 Å². The van der Waals surface area contributed by atoms with Crippen LogP contribution in [-0.4, -0.2) is 21.2 Å². The van der Waals surface area contributed by atoms with Crippen LogP contribution in [-0.2, 0) is 10.0 Å². The van der Waals surface area contributed by atoms with Gasteiger partial charge in [-0.25, -0.2) is 13.1 Å². The van der Waals surface area contributed by atoms with E-state index in [9.17, 15) is 8.42 Å². The zero-order valence-corrected chi connectivity index (χ0v) is 10.1. The lowest BCUT2D eigenvalue weighted by molar-refractivity contribution is 0.581. The molecule has 15 heavy (non-hydrogen) atoms. The molecule has 0 fully saturated rings. The molecule has 84 valence electrons. The first-order valence-corrected chi connectivity index (χ1v) is 6.79. The number of nitrogens with one attached hydrogen (secondary N) is 1. The molecule has 0 aliphatic heterocycles. The second kappa shape index (κ2) is 4.77. The Kier molecular flexibility index (Phi) is 3.88. The predicted molar refractivity (Wildman–Crippen MR) is 62.4 cm³/mol. The van der Waals surface area contributed by atoms with Gasteiger partial charge in [-0.1, -0.05) is 36.8 Å². The normalized spacial score (nSPS) is 13.8. The molecule has 4 heteroatoms. The van der Waals surface area contributed by atoms with E-state index in [4.69, 9.17) is 0 Å². The first-order valence-electron chi connectivity index (χ1n) is 4.89. The highest BCUT2D eigenvalue weighted by Crippen LogP contribution is 2.14. The number of hydrogen-bond donors (Lipinski definition) is 1. The highest BCUT2D eigenvalue weighted by Gasteiger charge is 2.07. The zero-order chi connectivity index (χ0) is 11.5. The van der Waals surface area contributed by atoms with Crippen LogP contribution in [0.4, 0.5) is 0 Å². The van der Waals surface area contributed by atoms with Gasteiger partial charge < -0.3 is 0 Å². The Morgan fingerprint density at radius 2 is 1.80 bits per heavy atom. The van der Waals surface area contributed by atoms with Gasteiger partial charge in [0.05, 0.1) is 6.26 Å². The van der Waals surface area contributed by atoms with Gasteiger partial charge in [-0.2, -0.15) is 0 Å². The first-order chi connectivity index (χ1) is 6.88. The van der Waals surface area contributed by atoms with Gasteiger partial charge >= 0.3 is 0 Å². The van der Waals surface area contributed by atoms with Crippen LogP contribution < -0.4 is 4.72 Å². The van der Waals surface area contributed by atoms with E-state index in [2.05, 4.69) is 4.72 Å². The third-order valence-corrected chi connectivity index (χ3v) is 2.99. The molecule has 1 aromatic rings. The van der Waals surface area contributed by atoms with Crippen molar-refractivity contribution in [1.82, 2.24) is 4.72 Å². The van der Waals surface area contributed by atoms with Gasteiger partial charge in [-0.05, 0) is 18.4 Å². The molecule has 0 saturated heterocycles. The van der Waals surface area contributed by atoms with Crippen LogP contribution in [0.2, 0.25) is 0 Å². The molecule has 0 aliphatic carbocycles. The quantitative estimate of drug-likeness (QED) is 0.850. The highest BCUT2D eigenvalue weighted by molar-refractivity contribution is 7.88. The maximum absolute atomic E-state index is 10.9. The van der Waals surface area contributed by atoms with Crippen molar-refractivity contribution < 1.29 is 8.42 Å². The van der Waals surface area contributed by atoms with E-state index in [0.717, 1.165) is 5.56 Å². The van der Waals surface area contributed by atoms with Crippen molar-refractivity contribution in [2.45, 2.75) is 19.8 Å². The van der Waals surface area contributed by atoms with Crippen molar-refractivity contribution in [2.24, 2.45) is 0 Å². The molecule has 0 aliphatic rings. The van der Waals surface area contributed by atoms with E-state index in [1.807, 2.05) is 38.1 Å². The van der Waals surface area contributed by atoms with E-state index in [1.54, 1.807) is 0 Å². The molecule has 0 radical (unpaired) electrons. The van der Waals surface area contributed by atoms with Gasteiger partial charge in [-0.3, -0.25) is 0 Å². The Morgan fingerprint density at radius 1 is 1.27 bits per heavy atom. The van der Waals surface area contributed by atoms with Crippen LogP contribution in [0.15, 0.2) is 24.3 Å².